The molecule has 0 spiro atoms. The Morgan fingerprint density at radius 3 is 3.00 bits per heavy atom. The van der Waals surface area contributed by atoms with E-state index in [2.05, 4.69) is 30.2 Å². The van der Waals surface area contributed by atoms with Gasteiger partial charge in [-0.05, 0) is 23.9 Å². The summed E-state index contributed by atoms with van der Waals surface area (Å²) in [6.45, 7) is 2.07. The maximum absolute atomic E-state index is 5.48. The number of aryl methyl sites for hydroxylation is 1. The normalized spacial score (nSPS) is 8.91. The molecule has 58 valence electrons. The van der Waals surface area contributed by atoms with Crippen LogP contribution in [-0.4, -0.2) is 5.88 Å². The Kier molecular flexibility index (Phi) is 3.48. The van der Waals surface area contributed by atoms with E-state index in [0.29, 0.717) is 5.88 Å². The molecule has 1 aromatic rings. The average molecular weight is 185 g/mol. The van der Waals surface area contributed by atoms with Gasteiger partial charge in [0.25, 0.3) is 0 Å². The van der Waals surface area contributed by atoms with Crippen molar-refractivity contribution in [1.82, 2.24) is 0 Å². The smallest absolute Gasteiger partial charge is 0.0797 e. The van der Waals surface area contributed by atoms with Crippen LogP contribution < -0.4 is 0 Å². The van der Waals surface area contributed by atoms with Gasteiger partial charge in [-0.1, -0.05) is 11.8 Å². The first-order chi connectivity index (χ1) is 5.34. The summed E-state index contributed by atoms with van der Waals surface area (Å²) < 4.78 is 0. The van der Waals surface area contributed by atoms with E-state index in [1.807, 2.05) is 0 Å². The molecule has 0 amide bonds. The number of hydrogen-bond donors (Lipinski definition) is 0. The SMILES string of the molecule is Cc1ccsc1C#CCCCl. The van der Waals surface area contributed by atoms with E-state index in [4.69, 9.17) is 11.6 Å². The van der Waals surface area contributed by atoms with Gasteiger partial charge in [0.2, 0.25) is 0 Å². The molecule has 0 aliphatic rings. The lowest BCUT2D eigenvalue weighted by Crippen LogP contribution is -1.71. The molecule has 0 aliphatic carbocycles. The van der Waals surface area contributed by atoms with Crippen molar-refractivity contribution in [2.24, 2.45) is 0 Å². The Hall–Kier alpha value is -0.450. The fourth-order valence-corrected chi connectivity index (χ4v) is 1.58. The molecular weight excluding hydrogens is 176 g/mol. The number of hydrogen-bond acceptors (Lipinski definition) is 1. The second-order valence-electron chi connectivity index (χ2n) is 2.17. The summed E-state index contributed by atoms with van der Waals surface area (Å²) in [4.78, 5) is 1.16. The highest BCUT2D eigenvalue weighted by Gasteiger charge is 1.92. The quantitative estimate of drug-likeness (QED) is 0.465. The summed E-state index contributed by atoms with van der Waals surface area (Å²) in [5.41, 5.74) is 1.26. The summed E-state index contributed by atoms with van der Waals surface area (Å²) in [6, 6.07) is 2.08. The van der Waals surface area contributed by atoms with E-state index in [1.165, 1.54) is 5.56 Å². The molecule has 0 N–H and O–H groups in total. The molecule has 1 rings (SSSR count). The number of alkyl halides is 1. The fraction of sp³-hybridized carbons (Fsp3) is 0.333. The van der Waals surface area contributed by atoms with Crippen LogP contribution in [-0.2, 0) is 0 Å². The molecule has 0 saturated carbocycles. The van der Waals surface area contributed by atoms with Gasteiger partial charge in [0, 0.05) is 12.3 Å². The molecular formula is C9H9ClS. The van der Waals surface area contributed by atoms with Crippen molar-refractivity contribution in [2.45, 2.75) is 13.3 Å². The van der Waals surface area contributed by atoms with Crippen molar-refractivity contribution in [3.8, 4) is 11.8 Å². The minimum absolute atomic E-state index is 0.622. The Morgan fingerprint density at radius 1 is 1.64 bits per heavy atom. The largest absolute Gasteiger partial charge is 0.135 e. The van der Waals surface area contributed by atoms with Gasteiger partial charge >= 0.3 is 0 Å². The summed E-state index contributed by atoms with van der Waals surface area (Å²) in [6.07, 6.45) is 0.777. The molecule has 11 heavy (non-hydrogen) atoms. The van der Waals surface area contributed by atoms with Crippen molar-refractivity contribution in [1.29, 1.82) is 0 Å². The lowest BCUT2D eigenvalue weighted by Gasteiger charge is -1.83. The van der Waals surface area contributed by atoms with Crippen LogP contribution >= 0.6 is 22.9 Å². The molecule has 0 aliphatic heterocycles. The molecule has 0 unspecified atom stereocenters. The summed E-state index contributed by atoms with van der Waals surface area (Å²) in [5, 5.41) is 2.06. The van der Waals surface area contributed by atoms with Gasteiger partial charge in [-0.25, -0.2) is 0 Å². The van der Waals surface area contributed by atoms with Crippen molar-refractivity contribution in [3.05, 3.63) is 21.9 Å². The molecule has 1 heterocycles. The molecule has 0 radical (unpaired) electrons. The van der Waals surface area contributed by atoms with Crippen LogP contribution in [0.5, 0.6) is 0 Å². The molecule has 1 aromatic heterocycles. The van der Waals surface area contributed by atoms with Gasteiger partial charge in [-0.2, -0.15) is 0 Å². The maximum atomic E-state index is 5.48. The third kappa shape index (κ3) is 2.57. The number of thiophene rings is 1. The van der Waals surface area contributed by atoms with E-state index in [9.17, 15) is 0 Å². The second kappa shape index (κ2) is 4.43. The topological polar surface area (TPSA) is 0 Å². The predicted molar refractivity (Wildman–Crippen MR) is 51.3 cm³/mol. The lowest BCUT2D eigenvalue weighted by molar-refractivity contribution is 1.29. The molecule has 0 aromatic carbocycles. The van der Waals surface area contributed by atoms with Crippen molar-refractivity contribution in [3.63, 3.8) is 0 Å². The molecule has 0 bridgehead atoms. The van der Waals surface area contributed by atoms with E-state index < -0.39 is 0 Å². The maximum Gasteiger partial charge on any atom is 0.0797 e. The van der Waals surface area contributed by atoms with Crippen molar-refractivity contribution < 1.29 is 0 Å². The van der Waals surface area contributed by atoms with Crippen LogP contribution in [0.15, 0.2) is 11.4 Å². The first kappa shape index (κ1) is 8.64. The summed E-state index contributed by atoms with van der Waals surface area (Å²) >= 11 is 7.17. The van der Waals surface area contributed by atoms with Crippen molar-refractivity contribution >= 4 is 22.9 Å². The fourth-order valence-electron chi connectivity index (χ4n) is 0.691. The third-order valence-corrected chi connectivity index (χ3v) is 2.40. The van der Waals surface area contributed by atoms with Crippen LogP contribution in [0.1, 0.15) is 16.9 Å². The minimum atomic E-state index is 0.622. The van der Waals surface area contributed by atoms with Gasteiger partial charge in [0.05, 0.1) is 4.88 Å². The Bertz CT molecular complexity index is 277. The monoisotopic (exact) mass is 184 g/mol. The highest BCUT2D eigenvalue weighted by atomic mass is 35.5. The number of rotatable bonds is 1. The Labute approximate surface area is 76.2 Å². The minimum Gasteiger partial charge on any atom is -0.135 e. The zero-order valence-electron chi connectivity index (χ0n) is 6.36. The van der Waals surface area contributed by atoms with E-state index >= 15 is 0 Å². The van der Waals surface area contributed by atoms with Gasteiger partial charge in [-0.3, -0.25) is 0 Å². The van der Waals surface area contributed by atoms with E-state index in [1.54, 1.807) is 11.3 Å². The molecule has 0 nitrogen and oxygen atoms in total. The average Bonchev–Trinajstić information content (AvgIpc) is 2.37. The Morgan fingerprint density at radius 2 is 2.45 bits per heavy atom. The lowest BCUT2D eigenvalue weighted by atomic mass is 10.3. The molecule has 0 fully saturated rings. The summed E-state index contributed by atoms with van der Waals surface area (Å²) in [5.74, 6) is 6.71. The highest BCUT2D eigenvalue weighted by Crippen LogP contribution is 2.13. The zero-order chi connectivity index (χ0) is 8.10. The van der Waals surface area contributed by atoms with Crippen molar-refractivity contribution in [2.75, 3.05) is 5.88 Å². The van der Waals surface area contributed by atoms with Crippen LogP contribution in [0.4, 0.5) is 0 Å². The van der Waals surface area contributed by atoms with E-state index in [0.717, 1.165) is 11.3 Å². The first-order valence-corrected chi connectivity index (χ1v) is 4.85. The first-order valence-electron chi connectivity index (χ1n) is 3.43. The van der Waals surface area contributed by atoms with Crippen LogP contribution in [0.3, 0.4) is 0 Å². The second-order valence-corrected chi connectivity index (χ2v) is 3.47. The van der Waals surface area contributed by atoms with Gasteiger partial charge < -0.3 is 0 Å². The standard InChI is InChI=1S/C9H9ClS/c1-8-5-7-11-9(8)4-2-3-6-10/h5,7H,3,6H2,1H3. The van der Waals surface area contributed by atoms with Gasteiger partial charge in [-0.15, -0.1) is 22.9 Å². The van der Waals surface area contributed by atoms with Crippen LogP contribution in [0.25, 0.3) is 0 Å². The molecule has 0 saturated heterocycles. The molecule has 0 atom stereocenters. The zero-order valence-corrected chi connectivity index (χ0v) is 7.93. The Balaban J connectivity index is 2.65. The highest BCUT2D eigenvalue weighted by molar-refractivity contribution is 7.10. The van der Waals surface area contributed by atoms with Gasteiger partial charge in [0.15, 0.2) is 0 Å². The predicted octanol–water partition coefficient (Wildman–Crippen LogP) is 3.04. The molecule has 2 heteroatoms. The van der Waals surface area contributed by atoms with E-state index in [-0.39, 0.29) is 0 Å². The summed E-state index contributed by atoms with van der Waals surface area (Å²) in [7, 11) is 0. The third-order valence-electron chi connectivity index (χ3n) is 1.28. The van der Waals surface area contributed by atoms with Gasteiger partial charge in [0.1, 0.15) is 0 Å². The van der Waals surface area contributed by atoms with Crippen LogP contribution in [0.2, 0.25) is 0 Å². The van der Waals surface area contributed by atoms with Crippen LogP contribution in [0, 0.1) is 18.8 Å². The number of halogens is 1.